The van der Waals surface area contributed by atoms with Gasteiger partial charge in [0.05, 0.1) is 16.6 Å². The summed E-state index contributed by atoms with van der Waals surface area (Å²) in [6.45, 7) is 6.18. The van der Waals surface area contributed by atoms with Crippen LogP contribution in [0.25, 0.3) is 37.9 Å². The summed E-state index contributed by atoms with van der Waals surface area (Å²) in [5.41, 5.74) is 9.17. The van der Waals surface area contributed by atoms with E-state index in [4.69, 9.17) is 0 Å². The summed E-state index contributed by atoms with van der Waals surface area (Å²) in [6.07, 6.45) is 4.09. The van der Waals surface area contributed by atoms with E-state index >= 15 is 0 Å². The molecule has 0 aliphatic carbocycles. The molecule has 0 fully saturated rings. The molecular formula is C30H25N5OS. The van der Waals surface area contributed by atoms with Gasteiger partial charge in [0.15, 0.2) is 0 Å². The molecule has 0 aliphatic heterocycles. The van der Waals surface area contributed by atoms with Crippen molar-refractivity contribution < 1.29 is 0 Å². The van der Waals surface area contributed by atoms with Crippen molar-refractivity contribution in [3.05, 3.63) is 112 Å². The molecule has 4 heterocycles. The average Bonchev–Trinajstić information content (AvgIpc) is 3.40. The van der Waals surface area contributed by atoms with Crippen molar-refractivity contribution in [1.82, 2.24) is 24.5 Å². The van der Waals surface area contributed by atoms with Gasteiger partial charge in [-0.3, -0.25) is 14.3 Å². The third kappa shape index (κ3) is 4.11. The molecule has 37 heavy (non-hydrogen) atoms. The van der Waals surface area contributed by atoms with Crippen molar-refractivity contribution >= 4 is 32.5 Å². The first-order valence-electron chi connectivity index (χ1n) is 12.2. The van der Waals surface area contributed by atoms with Gasteiger partial charge in [-0.05, 0) is 54.6 Å². The van der Waals surface area contributed by atoms with E-state index in [9.17, 15) is 4.79 Å². The summed E-state index contributed by atoms with van der Waals surface area (Å²) in [6, 6.07) is 20.1. The highest BCUT2D eigenvalue weighted by atomic mass is 32.1. The van der Waals surface area contributed by atoms with Gasteiger partial charge in [-0.25, -0.2) is 15.0 Å². The number of aryl methyl sites for hydroxylation is 2. The molecule has 0 spiro atoms. The number of pyridine rings is 2. The monoisotopic (exact) mass is 503 g/mol. The van der Waals surface area contributed by atoms with E-state index in [-0.39, 0.29) is 11.5 Å². The Labute approximate surface area is 218 Å². The zero-order valence-corrected chi connectivity index (χ0v) is 21.7. The van der Waals surface area contributed by atoms with Gasteiger partial charge in [0.25, 0.3) is 5.56 Å². The largest absolute Gasteiger partial charge is 0.280 e. The van der Waals surface area contributed by atoms with Crippen LogP contribution in [0, 0.1) is 13.8 Å². The summed E-state index contributed by atoms with van der Waals surface area (Å²) < 4.78 is 1.85. The molecule has 0 amide bonds. The molecule has 0 radical (unpaired) electrons. The number of nitrogens with zero attached hydrogens (tertiary/aromatic N) is 5. The zero-order valence-electron chi connectivity index (χ0n) is 20.8. The summed E-state index contributed by atoms with van der Waals surface area (Å²) in [5.74, 6) is 0.00375. The van der Waals surface area contributed by atoms with Crippen molar-refractivity contribution in [2.24, 2.45) is 0 Å². The van der Waals surface area contributed by atoms with Gasteiger partial charge >= 0.3 is 0 Å². The predicted octanol–water partition coefficient (Wildman–Crippen LogP) is 6.42. The molecule has 182 valence electrons. The van der Waals surface area contributed by atoms with E-state index in [0.29, 0.717) is 11.8 Å². The maximum Gasteiger partial charge on any atom is 0.263 e. The lowest BCUT2D eigenvalue weighted by Crippen LogP contribution is -2.24. The minimum absolute atomic E-state index is 0.00375. The highest BCUT2D eigenvalue weighted by Gasteiger charge is 2.21. The minimum atomic E-state index is -0.0409. The van der Waals surface area contributed by atoms with Crippen molar-refractivity contribution in [2.75, 3.05) is 0 Å². The van der Waals surface area contributed by atoms with Crippen molar-refractivity contribution in [1.29, 1.82) is 0 Å². The number of hydrogen-bond acceptors (Lipinski definition) is 6. The second kappa shape index (κ2) is 9.33. The smallest absolute Gasteiger partial charge is 0.263 e. The third-order valence-corrected chi connectivity index (χ3v) is 7.69. The highest BCUT2D eigenvalue weighted by molar-refractivity contribution is 7.16. The summed E-state index contributed by atoms with van der Waals surface area (Å²) in [7, 11) is 0. The van der Waals surface area contributed by atoms with Crippen molar-refractivity contribution in [2.45, 2.75) is 33.1 Å². The van der Waals surface area contributed by atoms with Gasteiger partial charge in [-0.2, -0.15) is 0 Å². The van der Waals surface area contributed by atoms with Gasteiger partial charge in [0, 0.05) is 41.2 Å². The summed E-state index contributed by atoms with van der Waals surface area (Å²) >= 11 is 1.51. The molecule has 7 heteroatoms. The number of benzene rings is 2. The number of aromatic nitrogens is 5. The van der Waals surface area contributed by atoms with Crippen LogP contribution in [0.3, 0.4) is 0 Å². The van der Waals surface area contributed by atoms with Gasteiger partial charge in [0.2, 0.25) is 0 Å². The van der Waals surface area contributed by atoms with Crippen LogP contribution in [0.1, 0.15) is 35.5 Å². The van der Waals surface area contributed by atoms with E-state index in [0.717, 1.165) is 55.2 Å². The molecule has 0 aliphatic rings. The van der Waals surface area contributed by atoms with Crippen LogP contribution in [-0.2, 0) is 6.42 Å². The molecule has 0 saturated heterocycles. The predicted molar refractivity (Wildman–Crippen MR) is 150 cm³/mol. The van der Waals surface area contributed by atoms with Gasteiger partial charge in [-0.15, -0.1) is 11.3 Å². The number of fused-ring (bicyclic) bond motifs is 2. The Balaban J connectivity index is 1.57. The summed E-state index contributed by atoms with van der Waals surface area (Å²) in [5, 5.41) is 1.60. The topological polar surface area (TPSA) is 73.6 Å². The standard InChI is InChI=1S/C30H25N5OS/c1-18-12-22(15-31-20(18)3)24-11-7-8-21-14-26(35(30(36)27(21)24)23-9-5-4-6-10-23)19(2)13-25-28-29(33-16-32-25)37-17-34-28/h4-12,14-17,19H,13H2,1-3H3/t19-/m1/s1. The lowest BCUT2D eigenvalue weighted by molar-refractivity contribution is 0.687. The van der Waals surface area contributed by atoms with Gasteiger partial charge in [-0.1, -0.05) is 43.3 Å². The molecule has 4 aromatic heterocycles. The molecule has 0 bridgehead atoms. The van der Waals surface area contributed by atoms with Crippen LogP contribution in [0.4, 0.5) is 0 Å². The van der Waals surface area contributed by atoms with E-state index in [2.05, 4.69) is 39.0 Å². The highest BCUT2D eigenvalue weighted by Crippen LogP contribution is 2.31. The van der Waals surface area contributed by atoms with Crippen LogP contribution in [-0.4, -0.2) is 24.5 Å². The fourth-order valence-electron chi connectivity index (χ4n) is 4.90. The van der Waals surface area contributed by atoms with Gasteiger partial charge < -0.3 is 0 Å². The SMILES string of the molecule is Cc1cc(-c2cccc3cc([C@H](C)Cc4ncnc5scnc45)n(-c4ccccc4)c(=O)c23)cnc1C. The maximum atomic E-state index is 14.3. The Hall–Kier alpha value is -4.23. The zero-order chi connectivity index (χ0) is 25.5. The molecule has 6 nitrogen and oxygen atoms in total. The number of rotatable bonds is 5. The number of thiazole rings is 1. The maximum absolute atomic E-state index is 14.3. The second-order valence-electron chi connectivity index (χ2n) is 9.37. The van der Waals surface area contributed by atoms with E-state index in [1.807, 2.05) is 73.1 Å². The van der Waals surface area contributed by atoms with Crippen LogP contribution in [0.2, 0.25) is 0 Å². The summed E-state index contributed by atoms with van der Waals surface area (Å²) in [4.78, 5) is 33.1. The Morgan fingerprint density at radius 3 is 2.59 bits per heavy atom. The average molecular weight is 504 g/mol. The van der Waals surface area contributed by atoms with E-state index < -0.39 is 0 Å². The lowest BCUT2D eigenvalue weighted by Gasteiger charge is -2.21. The van der Waals surface area contributed by atoms with Crippen LogP contribution in [0.15, 0.2) is 83.5 Å². The van der Waals surface area contributed by atoms with Crippen molar-refractivity contribution in [3.63, 3.8) is 0 Å². The molecule has 0 unspecified atom stereocenters. The lowest BCUT2D eigenvalue weighted by atomic mass is 9.94. The van der Waals surface area contributed by atoms with E-state index in [1.54, 1.807) is 11.8 Å². The first kappa shape index (κ1) is 23.2. The molecule has 6 rings (SSSR count). The minimum Gasteiger partial charge on any atom is -0.280 e. The Morgan fingerprint density at radius 2 is 1.78 bits per heavy atom. The first-order chi connectivity index (χ1) is 18.0. The Bertz CT molecular complexity index is 1820. The van der Waals surface area contributed by atoms with Crippen LogP contribution < -0.4 is 5.56 Å². The molecule has 2 aromatic carbocycles. The van der Waals surface area contributed by atoms with Crippen LogP contribution in [0.5, 0.6) is 0 Å². The number of hydrogen-bond donors (Lipinski definition) is 0. The normalized spacial score (nSPS) is 12.3. The van der Waals surface area contributed by atoms with Crippen LogP contribution >= 0.6 is 11.3 Å². The van der Waals surface area contributed by atoms with E-state index in [1.165, 1.54) is 11.3 Å². The Morgan fingerprint density at radius 1 is 0.946 bits per heavy atom. The second-order valence-corrected chi connectivity index (χ2v) is 10.2. The van der Waals surface area contributed by atoms with Gasteiger partial charge in [0.1, 0.15) is 16.7 Å². The molecule has 1 atom stereocenters. The first-order valence-corrected chi connectivity index (χ1v) is 13.1. The van der Waals surface area contributed by atoms with Crippen molar-refractivity contribution in [3.8, 4) is 16.8 Å². The molecule has 0 N–H and O–H groups in total. The molecular weight excluding hydrogens is 478 g/mol. The number of para-hydroxylation sites is 1. The fourth-order valence-corrected chi connectivity index (χ4v) is 5.55. The third-order valence-electron chi connectivity index (χ3n) is 6.96. The molecule has 6 aromatic rings. The molecule has 0 saturated carbocycles. The Kier molecular flexibility index (Phi) is 5.85. The quantitative estimate of drug-likeness (QED) is 0.272. The fraction of sp³-hybridized carbons (Fsp3) is 0.167.